The zero-order valence-electron chi connectivity index (χ0n) is 15.6. The van der Waals surface area contributed by atoms with E-state index in [1.54, 1.807) is 0 Å². The molecule has 1 heterocycles. The molecular weight excluding hydrogens is 468 g/mol. The van der Waals surface area contributed by atoms with Crippen LogP contribution < -0.4 is 15.2 Å². The molecule has 1 amide bonds. The van der Waals surface area contributed by atoms with Gasteiger partial charge in [0.2, 0.25) is 26.0 Å². The van der Waals surface area contributed by atoms with E-state index < -0.39 is 72.0 Å². The van der Waals surface area contributed by atoms with Gasteiger partial charge < -0.3 is 5.32 Å². The highest BCUT2D eigenvalue weighted by atomic mass is 32.2. The van der Waals surface area contributed by atoms with Crippen molar-refractivity contribution in [3.63, 3.8) is 0 Å². The van der Waals surface area contributed by atoms with Gasteiger partial charge in [-0.2, -0.15) is 4.72 Å². The second-order valence-electron chi connectivity index (χ2n) is 6.08. The average Bonchev–Trinajstić information content (AvgIpc) is 2.58. The number of nitrogens with one attached hydrogen (secondary N) is 2. The van der Waals surface area contributed by atoms with Crippen molar-refractivity contribution in [2.75, 3.05) is 18.8 Å². The Morgan fingerprint density at radius 3 is 2.26 bits per heavy atom. The molecule has 0 saturated heterocycles. The molecule has 19 heteroatoms. The van der Waals surface area contributed by atoms with Crippen LogP contribution in [0, 0.1) is 27.2 Å². The average molecular weight is 484 g/mol. The maximum Gasteiger partial charge on any atom is 0.296 e. The molecule has 17 nitrogen and oxygen atoms in total. The van der Waals surface area contributed by atoms with E-state index in [-0.39, 0.29) is 11.3 Å². The van der Waals surface area contributed by atoms with E-state index >= 15 is 0 Å². The topological polar surface area (TPSA) is 243 Å². The zero-order valence-corrected chi connectivity index (χ0v) is 17.2. The van der Waals surface area contributed by atoms with E-state index in [9.17, 15) is 41.9 Å². The van der Waals surface area contributed by atoms with Crippen LogP contribution in [0.1, 0.15) is 12.0 Å². The predicted octanol–water partition coefficient (Wildman–Crippen LogP) is -1.78. The molecule has 1 aromatic rings. The number of anilines is 1. The number of fused-ring (bicyclic) bond motifs is 1. The minimum Gasteiger partial charge on any atom is -0.367 e. The first-order chi connectivity index (χ1) is 14.2. The molecule has 2 rings (SSSR count). The first-order valence-corrected chi connectivity index (χ1v) is 11.0. The number of carbonyl (C=O) groups excluding carboxylic acids is 1. The number of nitrogens with zero attached hydrogens (tertiary/aromatic N) is 3. The van der Waals surface area contributed by atoms with Gasteiger partial charge >= 0.3 is 0 Å². The first kappa shape index (κ1) is 24.0. The van der Waals surface area contributed by atoms with Gasteiger partial charge in [-0.15, -0.1) is 20.2 Å². The van der Waals surface area contributed by atoms with E-state index in [4.69, 9.17) is 5.14 Å². The number of carbonyl (C=O) groups is 1. The third kappa shape index (κ3) is 6.10. The van der Waals surface area contributed by atoms with Crippen LogP contribution in [0.15, 0.2) is 21.9 Å². The van der Waals surface area contributed by atoms with Crippen LogP contribution in [-0.4, -0.2) is 57.4 Å². The second kappa shape index (κ2) is 8.83. The minimum atomic E-state index is -4.30. The summed E-state index contributed by atoms with van der Waals surface area (Å²) in [5.74, 6) is -0.995. The van der Waals surface area contributed by atoms with E-state index in [0.717, 1.165) is 6.07 Å². The zero-order chi connectivity index (χ0) is 23.6. The van der Waals surface area contributed by atoms with Gasteiger partial charge in [0.15, 0.2) is 13.5 Å². The highest BCUT2D eigenvalue weighted by Gasteiger charge is 2.33. The quantitative estimate of drug-likeness (QED) is 0.200. The fourth-order valence-electron chi connectivity index (χ4n) is 2.59. The van der Waals surface area contributed by atoms with Gasteiger partial charge in [0.25, 0.3) is 10.2 Å². The molecule has 31 heavy (non-hydrogen) atoms. The van der Waals surface area contributed by atoms with Crippen LogP contribution in [0.3, 0.4) is 0 Å². The van der Waals surface area contributed by atoms with Crippen LogP contribution in [0.4, 0.5) is 5.69 Å². The number of sulfonamides is 2. The molecule has 0 spiro atoms. The Bertz CT molecular complexity index is 1100. The van der Waals surface area contributed by atoms with E-state index in [0.29, 0.717) is 4.90 Å². The van der Waals surface area contributed by atoms with Crippen molar-refractivity contribution < 1.29 is 41.5 Å². The lowest BCUT2D eigenvalue weighted by Gasteiger charge is -2.30. The Hall–Kier alpha value is -3.29. The predicted molar refractivity (Wildman–Crippen MR) is 97.6 cm³/mol. The molecule has 0 aliphatic carbocycles. The minimum absolute atomic E-state index is 0.0314. The van der Waals surface area contributed by atoms with Gasteiger partial charge in [-0.25, -0.2) is 22.0 Å². The smallest absolute Gasteiger partial charge is 0.296 e. The Balaban J connectivity index is 2.25. The fourth-order valence-corrected chi connectivity index (χ4v) is 4.78. The van der Waals surface area contributed by atoms with Gasteiger partial charge in [-0.05, 0) is 24.6 Å². The molecule has 1 aromatic carbocycles. The number of hydrogen-bond acceptors (Lipinski definition) is 12. The van der Waals surface area contributed by atoms with E-state index in [1.807, 2.05) is 0 Å². The van der Waals surface area contributed by atoms with Crippen LogP contribution in [0.2, 0.25) is 0 Å². The van der Waals surface area contributed by atoms with Crippen LogP contribution in [-0.2, 0) is 34.5 Å². The normalized spacial score (nSPS) is 17.0. The largest absolute Gasteiger partial charge is 0.367 e. The van der Waals surface area contributed by atoms with Crippen molar-refractivity contribution in [1.29, 1.82) is 0 Å². The molecule has 0 radical (unpaired) electrons. The van der Waals surface area contributed by atoms with Crippen molar-refractivity contribution in [3.05, 3.63) is 37.9 Å². The first-order valence-electron chi connectivity index (χ1n) is 7.99. The third-order valence-corrected chi connectivity index (χ3v) is 6.43. The highest BCUT2D eigenvalue weighted by Crippen LogP contribution is 2.31. The Morgan fingerprint density at radius 1 is 1.23 bits per heavy atom. The summed E-state index contributed by atoms with van der Waals surface area (Å²) in [4.78, 5) is 40.6. The van der Waals surface area contributed by atoms with Gasteiger partial charge in [0, 0.05) is 0 Å². The SMILES string of the molecule is Cc1cc2c(cc1S(N)(=O)=O)S(=O)(=O)NC(CC(=O)N(CO[N+](=O)[O-])CO[N+](=O)[O-])N2. The highest BCUT2D eigenvalue weighted by molar-refractivity contribution is 7.90. The van der Waals surface area contributed by atoms with Gasteiger partial charge in [-0.1, -0.05) is 0 Å². The lowest BCUT2D eigenvalue weighted by molar-refractivity contribution is -0.773. The number of hydrogen-bond donors (Lipinski definition) is 3. The van der Waals surface area contributed by atoms with Crippen molar-refractivity contribution in [3.8, 4) is 0 Å². The monoisotopic (exact) mass is 484 g/mol. The van der Waals surface area contributed by atoms with E-state index in [2.05, 4.69) is 19.7 Å². The summed E-state index contributed by atoms with van der Waals surface area (Å²) >= 11 is 0. The van der Waals surface area contributed by atoms with Crippen LogP contribution in [0.25, 0.3) is 0 Å². The molecule has 0 saturated carbocycles. The van der Waals surface area contributed by atoms with Crippen molar-refractivity contribution in [2.45, 2.75) is 29.3 Å². The van der Waals surface area contributed by atoms with E-state index in [1.165, 1.54) is 13.0 Å². The number of nitrogens with two attached hydrogens (primary N) is 1. The summed E-state index contributed by atoms with van der Waals surface area (Å²) in [6.45, 7) is -0.638. The molecule has 1 atom stereocenters. The summed E-state index contributed by atoms with van der Waals surface area (Å²) in [5, 5.41) is 25.9. The van der Waals surface area contributed by atoms with Gasteiger partial charge in [0.1, 0.15) is 4.90 Å². The number of benzene rings is 1. The number of aryl methyl sites for hydroxylation is 1. The summed E-state index contributed by atoms with van der Waals surface area (Å²) in [6.07, 6.45) is -1.94. The van der Waals surface area contributed by atoms with Crippen molar-refractivity contribution in [2.24, 2.45) is 5.14 Å². The molecule has 1 unspecified atom stereocenters. The molecule has 4 N–H and O–H groups in total. The molecule has 172 valence electrons. The lowest BCUT2D eigenvalue weighted by atomic mass is 10.2. The Labute approximate surface area is 174 Å². The fraction of sp³-hybridized carbons (Fsp3) is 0.417. The molecular formula is C12H16N6O11S2. The Morgan fingerprint density at radius 2 is 1.77 bits per heavy atom. The summed E-state index contributed by atoms with van der Waals surface area (Å²) in [7, 11) is -8.50. The van der Waals surface area contributed by atoms with Crippen molar-refractivity contribution in [1.82, 2.24) is 9.62 Å². The lowest BCUT2D eigenvalue weighted by Crippen LogP contribution is -2.48. The van der Waals surface area contributed by atoms with Crippen LogP contribution >= 0.6 is 0 Å². The molecule has 0 fully saturated rings. The van der Waals surface area contributed by atoms with Crippen molar-refractivity contribution >= 4 is 31.6 Å². The maximum absolute atomic E-state index is 12.5. The Kier molecular flexibility index (Phi) is 6.83. The number of primary sulfonamides is 1. The van der Waals surface area contributed by atoms with Gasteiger partial charge in [-0.3, -0.25) is 19.4 Å². The summed E-state index contributed by atoms with van der Waals surface area (Å²) in [5.41, 5.74) is 0.104. The summed E-state index contributed by atoms with van der Waals surface area (Å²) in [6, 6.07) is 2.06. The second-order valence-corrected chi connectivity index (χ2v) is 9.29. The molecule has 1 aliphatic heterocycles. The molecule has 0 bridgehead atoms. The summed E-state index contributed by atoms with van der Waals surface area (Å²) < 4.78 is 50.4. The third-order valence-electron chi connectivity index (χ3n) is 3.87. The standard InChI is InChI=1S/C12H16N6O11S2/c1-7-2-8-10(3-9(7)30(13,24)25)31(26,27)15-11(14-8)4-12(19)16(5-28-17(20)21)6-29-18(22)23/h2-3,11,14-15H,4-6H2,1H3,(H2,13,24,25). The number of rotatable bonds is 9. The maximum atomic E-state index is 12.5. The number of amides is 1. The van der Waals surface area contributed by atoms with Gasteiger partial charge in [0.05, 0.1) is 23.2 Å². The molecule has 1 aliphatic rings. The molecule has 0 aromatic heterocycles. The van der Waals surface area contributed by atoms with Crippen LogP contribution in [0.5, 0.6) is 0 Å².